The van der Waals surface area contributed by atoms with Crippen LogP contribution in [0, 0.1) is 13.8 Å². The van der Waals surface area contributed by atoms with Gasteiger partial charge in [0.15, 0.2) is 0 Å². The molecule has 0 aliphatic rings. The Morgan fingerprint density at radius 2 is 1.78 bits per heavy atom. The molecule has 0 atom stereocenters. The highest BCUT2D eigenvalue weighted by atomic mass is 79.9. The minimum Gasteiger partial charge on any atom is -0.326 e. The van der Waals surface area contributed by atoms with Gasteiger partial charge in [-0.3, -0.25) is 0 Å². The average Bonchev–Trinajstić information content (AvgIpc) is 2.35. The van der Waals surface area contributed by atoms with Gasteiger partial charge in [0.2, 0.25) is 0 Å². The van der Waals surface area contributed by atoms with Gasteiger partial charge >= 0.3 is 0 Å². The maximum Gasteiger partial charge on any atom is 0.147 e. The number of hydrogen-bond donors (Lipinski definition) is 0. The smallest absolute Gasteiger partial charge is 0.147 e. The molecular formula is C15H17BrN2. The Labute approximate surface area is 117 Å². The van der Waals surface area contributed by atoms with Crippen LogP contribution in [0.1, 0.15) is 18.1 Å². The summed E-state index contributed by atoms with van der Waals surface area (Å²) in [7, 11) is 0. The van der Waals surface area contributed by atoms with E-state index in [4.69, 9.17) is 0 Å². The molecule has 0 N–H and O–H groups in total. The number of aryl methyl sites for hydroxylation is 2. The fraction of sp³-hybridized carbons (Fsp3) is 0.267. The number of nitrogens with zero attached hydrogens (tertiary/aromatic N) is 2. The van der Waals surface area contributed by atoms with Gasteiger partial charge in [-0.2, -0.15) is 0 Å². The maximum atomic E-state index is 4.53. The summed E-state index contributed by atoms with van der Waals surface area (Å²) in [6.07, 6.45) is 1.90. The molecule has 0 unspecified atom stereocenters. The highest BCUT2D eigenvalue weighted by Gasteiger charge is 2.11. The standard InChI is InChI=1S/C15H17BrN2/c1-4-18(13-7-5-11(2)6-8-13)15-14(16)9-12(3)10-17-15/h5-10H,4H2,1-3H3. The molecule has 94 valence electrons. The SMILES string of the molecule is CCN(c1ccc(C)cc1)c1ncc(C)cc1Br. The Morgan fingerprint density at radius 1 is 1.11 bits per heavy atom. The molecule has 3 heteroatoms. The molecule has 0 aliphatic heterocycles. The first-order valence-electron chi connectivity index (χ1n) is 6.08. The number of rotatable bonds is 3. The van der Waals surface area contributed by atoms with E-state index in [1.807, 2.05) is 13.1 Å². The lowest BCUT2D eigenvalue weighted by atomic mass is 10.2. The van der Waals surface area contributed by atoms with Crippen molar-refractivity contribution in [1.82, 2.24) is 4.98 Å². The minimum atomic E-state index is 0.887. The minimum absolute atomic E-state index is 0.887. The highest BCUT2D eigenvalue weighted by Crippen LogP contribution is 2.30. The lowest BCUT2D eigenvalue weighted by Gasteiger charge is -2.23. The van der Waals surface area contributed by atoms with Crippen LogP contribution in [0.4, 0.5) is 11.5 Å². The van der Waals surface area contributed by atoms with Crippen LogP contribution in [0.5, 0.6) is 0 Å². The molecule has 0 saturated heterocycles. The molecule has 0 saturated carbocycles. The van der Waals surface area contributed by atoms with Crippen LogP contribution in [0.3, 0.4) is 0 Å². The van der Waals surface area contributed by atoms with E-state index in [1.54, 1.807) is 0 Å². The third kappa shape index (κ3) is 2.72. The van der Waals surface area contributed by atoms with Gasteiger partial charge in [0.25, 0.3) is 0 Å². The number of halogens is 1. The van der Waals surface area contributed by atoms with E-state index in [0.717, 1.165) is 22.4 Å². The van der Waals surface area contributed by atoms with Crippen LogP contribution in [0.2, 0.25) is 0 Å². The van der Waals surface area contributed by atoms with Crippen molar-refractivity contribution in [1.29, 1.82) is 0 Å². The Hall–Kier alpha value is -1.35. The molecule has 2 nitrogen and oxygen atoms in total. The molecule has 0 aliphatic carbocycles. The molecule has 0 spiro atoms. The lowest BCUT2D eigenvalue weighted by Crippen LogP contribution is -2.17. The van der Waals surface area contributed by atoms with Crippen LogP contribution in [-0.4, -0.2) is 11.5 Å². The second kappa shape index (κ2) is 5.53. The summed E-state index contributed by atoms with van der Waals surface area (Å²) in [6.45, 7) is 7.16. The average molecular weight is 305 g/mol. The molecule has 0 amide bonds. The van der Waals surface area contributed by atoms with E-state index >= 15 is 0 Å². The summed E-state index contributed by atoms with van der Waals surface area (Å²) in [4.78, 5) is 6.72. The normalized spacial score (nSPS) is 10.4. The molecule has 2 aromatic rings. The van der Waals surface area contributed by atoms with Crippen LogP contribution in [-0.2, 0) is 0 Å². The number of hydrogen-bond acceptors (Lipinski definition) is 2. The van der Waals surface area contributed by atoms with E-state index < -0.39 is 0 Å². The van der Waals surface area contributed by atoms with Crippen molar-refractivity contribution in [3.05, 3.63) is 52.1 Å². The van der Waals surface area contributed by atoms with Gasteiger partial charge < -0.3 is 4.90 Å². The van der Waals surface area contributed by atoms with Crippen LogP contribution < -0.4 is 4.90 Å². The van der Waals surface area contributed by atoms with Gasteiger partial charge in [-0.1, -0.05) is 17.7 Å². The fourth-order valence-corrected chi connectivity index (χ4v) is 2.58. The molecule has 18 heavy (non-hydrogen) atoms. The van der Waals surface area contributed by atoms with Crippen LogP contribution in [0.15, 0.2) is 41.0 Å². The summed E-state index contributed by atoms with van der Waals surface area (Å²) < 4.78 is 1.03. The van der Waals surface area contributed by atoms with Crippen molar-refractivity contribution >= 4 is 27.4 Å². The molecule has 0 fully saturated rings. The predicted octanol–water partition coefficient (Wildman–Crippen LogP) is 4.62. The first-order chi connectivity index (χ1) is 8.61. The second-order valence-electron chi connectivity index (χ2n) is 4.40. The summed E-state index contributed by atoms with van der Waals surface area (Å²) in [5.41, 5.74) is 3.59. The van der Waals surface area contributed by atoms with Gasteiger partial charge in [-0.25, -0.2) is 4.98 Å². The van der Waals surface area contributed by atoms with Crippen LogP contribution in [0.25, 0.3) is 0 Å². The molecule has 1 aromatic carbocycles. The number of aromatic nitrogens is 1. The van der Waals surface area contributed by atoms with E-state index in [-0.39, 0.29) is 0 Å². The van der Waals surface area contributed by atoms with Gasteiger partial charge in [-0.05, 0) is 60.5 Å². The van der Waals surface area contributed by atoms with Crippen molar-refractivity contribution in [3.8, 4) is 0 Å². The van der Waals surface area contributed by atoms with Gasteiger partial charge in [0, 0.05) is 18.4 Å². The molecule has 1 heterocycles. The first kappa shape index (κ1) is 13.1. The van der Waals surface area contributed by atoms with E-state index in [2.05, 4.69) is 70.0 Å². The van der Waals surface area contributed by atoms with Crippen molar-refractivity contribution in [2.45, 2.75) is 20.8 Å². The van der Waals surface area contributed by atoms with Crippen molar-refractivity contribution in [3.63, 3.8) is 0 Å². The van der Waals surface area contributed by atoms with Crippen molar-refractivity contribution in [2.75, 3.05) is 11.4 Å². The predicted molar refractivity (Wildman–Crippen MR) is 80.5 cm³/mol. The first-order valence-corrected chi connectivity index (χ1v) is 6.87. The molecular weight excluding hydrogens is 288 g/mol. The largest absolute Gasteiger partial charge is 0.326 e. The maximum absolute atomic E-state index is 4.53. The van der Waals surface area contributed by atoms with Gasteiger partial charge in [0.1, 0.15) is 5.82 Å². The molecule has 2 rings (SSSR count). The summed E-state index contributed by atoms with van der Waals surface area (Å²) in [5.74, 6) is 0.965. The second-order valence-corrected chi connectivity index (χ2v) is 5.25. The number of benzene rings is 1. The van der Waals surface area contributed by atoms with E-state index in [9.17, 15) is 0 Å². The number of anilines is 2. The Balaban J connectivity index is 2.41. The van der Waals surface area contributed by atoms with E-state index in [0.29, 0.717) is 0 Å². The Bertz CT molecular complexity index is 535. The quantitative estimate of drug-likeness (QED) is 0.822. The zero-order valence-corrected chi connectivity index (χ0v) is 12.5. The third-order valence-electron chi connectivity index (χ3n) is 2.88. The summed E-state index contributed by atoms with van der Waals surface area (Å²) in [5, 5.41) is 0. The van der Waals surface area contributed by atoms with E-state index in [1.165, 1.54) is 11.3 Å². The van der Waals surface area contributed by atoms with Gasteiger partial charge in [0.05, 0.1) is 4.47 Å². The zero-order chi connectivity index (χ0) is 13.1. The number of pyridine rings is 1. The molecule has 0 radical (unpaired) electrons. The van der Waals surface area contributed by atoms with Crippen LogP contribution >= 0.6 is 15.9 Å². The lowest BCUT2D eigenvalue weighted by molar-refractivity contribution is 0.981. The topological polar surface area (TPSA) is 16.1 Å². The highest BCUT2D eigenvalue weighted by molar-refractivity contribution is 9.10. The van der Waals surface area contributed by atoms with Crippen molar-refractivity contribution in [2.24, 2.45) is 0 Å². The van der Waals surface area contributed by atoms with Crippen molar-refractivity contribution < 1.29 is 0 Å². The Morgan fingerprint density at radius 3 is 2.33 bits per heavy atom. The molecule has 0 bridgehead atoms. The fourth-order valence-electron chi connectivity index (χ4n) is 1.90. The van der Waals surface area contributed by atoms with Gasteiger partial charge in [-0.15, -0.1) is 0 Å². The monoisotopic (exact) mass is 304 g/mol. The third-order valence-corrected chi connectivity index (χ3v) is 3.46. The zero-order valence-electron chi connectivity index (χ0n) is 10.9. The molecule has 1 aromatic heterocycles. The summed E-state index contributed by atoms with van der Waals surface area (Å²) >= 11 is 3.60. The Kier molecular flexibility index (Phi) is 4.02. The summed E-state index contributed by atoms with van der Waals surface area (Å²) in [6, 6.07) is 10.6.